The molecule has 1 aliphatic rings. The Hall–Kier alpha value is -1.84. The first kappa shape index (κ1) is 13.6. The van der Waals surface area contributed by atoms with Crippen molar-refractivity contribution >= 4 is 11.9 Å². The number of ether oxygens (including phenoxy) is 2. The van der Waals surface area contributed by atoms with Gasteiger partial charge in [0.1, 0.15) is 0 Å². The number of methoxy groups -OCH3 is 2. The average Bonchev–Trinajstić information content (AvgIpc) is 2.91. The van der Waals surface area contributed by atoms with Crippen LogP contribution in [0.25, 0.3) is 0 Å². The largest absolute Gasteiger partial charge is 0.469 e. The third-order valence-electron chi connectivity index (χ3n) is 3.84. The first-order valence-electron chi connectivity index (χ1n) is 6.38. The molecule has 4 nitrogen and oxygen atoms in total. The molecule has 1 fully saturated rings. The van der Waals surface area contributed by atoms with Gasteiger partial charge < -0.3 is 9.47 Å². The number of hydrogen-bond donors (Lipinski definition) is 0. The Morgan fingerprint density at radius 1 is 0.947 bits per heavy atom. The van der Waals surface area contributed by atoms with Crippen LogP contribution in [0.15, 0.2) is 30.3 Å². The van der Waals surface area contributed by atoms with Crippen LogP contribution in [0.3, 0.4) is 0 Å². The molecular formula is C15H18O4. The fourth-order valence-corrected chi connectivity index (χ4v) is 2.86. The molecule has 0 heterocycles. The quantitative estimate of drug-likeness (QED) is 0.783. The van der Waals surface area contributed by atoms with E-state index in [4.69, 9.17) is 9.47 Å². The van der Waals surface area contributed by atoms with Gasteiger partial charge in [-0.15, -0.1) is 0 Å². The van der Waals surface area contributed by atoms with Gasteiger partial charge in [-0.05, 0) is 24.3 Å². The molecule has 0 bridgehead atoms. The lowest BCUT2D eigenvalue weighted by Crippen LogP contribution is -2.27. The van der Waals surface area contributed by atoms with E-state index >= 15 is 0 Å². The Labute approximate surface area is 112 Å². The van der Waals surface area contributed by atoms with Crippen LogP contribution in [-0.2, 0) is 19.1 Å². The molecule has 0 N–H and O–H groups in total. The number of hydrogen-bond acceptors (Lipinski definition) is 4. The van der Waals surface area contributed by atoms with Crippen LogP contribution >= 0.6 is 0 Å². The lowest BCUT2D eigenvalue weighted by Gasteiger charge is -2.14. The van der Waals surface area contributed by atoms with Gasteiger partial charge >= 0.3 is 11.9 Å². The summed E-state index contributed by atoms with van der Waals surface area (Å²) in [6.07, 6.45) is 1.27. The molecule has 1 aromatic rings. The van der Waals surface area contributed by atoms with Crippen molar-refractivity contribution in [1.29, 1.82) is 0 Å². The van der Waals surface area contributed by atoms with Crippen LogP contribution in [-0.4, -0.2) is 26.2 Å². The maximum atomic E-state index is 11.8. The van der Waals surface area contributed by atoms with Crippen molar-refractivity contribution in [3.63, 3.8) is 0 Å². The van der Waals surface area contributed by atoms with Crippen molar-refractivity contribution in [2.24, 2.45) is 11.8 Å². The minimum atomic E-state index is -0.400. The molecule has 0 aromatic heterocycles. The molecular weight excluding hydrogens is 244 g/mol. The second-order valence-electron chi connectivity index (χ2n) is 4.84. The molecule has 1 aromatic carbocycles. The van der Waals surface area contributed by atoms with Crippen LogP contribution in [0.2, 0.25) is 0 Å². The number of carbonyl (C=O) groups is 2. The summed E-state index contributed by atoms with van der Waals surface area (Å²) in [5, 5.41) is 0. The lowest BCUT2D eigenvalue weighted by molar-refractivity contribution is -0.156. The minimum absolute atomic E-state index is 0.203. The summed E-state index contributed by atoms with van der Waals surface area (Å²) >= 11 is 0. The van der Waals surface area contributed by atoms with Gasteiger partial charge in [0.05, 0.1) is 26.1 Å². The highest BCUT2D eigenvalue weighted by molar-refractivity contribution is 5.83. The zero-order chi connectivity index (χ0) is 13.8. The van der Waals surface area contributed by atoms with E-state index in [0.29, 0.717) is 12.8 Å². The Balaban J connectivity index is 2.20. The zero-order valence-corrected chi connectivity index (χ0v) is 11.2. The van der Waals surface area contributed by atoms with Crippen molar-refractivity contribution < 1.29 is 19.1 Å². The molecule has 0 aliphatic heterocycles. The maximum absolute atomic E-state index is 11.8. The number of benzene rings is 1. The minimum Gasteiger partial charge on any atom is -0.469 e. The molecule has 0 radical (unpaired) electrons. The molecule has 2 atom stereocenters. The standard InChI is InChI=1S/C15H18O4/c1-18-14(16)12-8-11(9-13(12)15(17)19-2)10-6-4-3-5-7-10/h3-7,11-13H,8-9H2,1-2H3. The molecule has 1 saturated carbocycles. The van der Waals surface area contributed by atoms with Gasteiger partial charge in [0.25, 0.3) is 0 Å². The Kier molecular flexibility index (Phi) is 4.20. The lowest BCUT2D eigenvalue weighted by atomic mass is 9.96. The van der Waals surface area contributed by atoms with Crippen LogP contribution < -0.4 is 0 Å². The monoisotopic (exact) mass is 262 g/mol. The highest BCUT2D eigenvalue weighted by atomic mass is 16.5. The first-order chi connectivity index (χ1) is 9.17. The summed E-state index contributed by atoms with van der Waals surface area (Å²) in [6, 6.07) is 9.94. The Morgan fingerprint density at radius 2 is 1.42 bits per heavy atom. The van der Waals surface area contributed by atoms with Crippen LogP contribution in [0.5, 0.6) is 0 Å². The summed E-state index contributed by atoms with van der Waals surface area (Å²) in [6.45, 7) is 0. The first-order valence-corrected chi connectivity index (χ1v) is 6.38. The summed E-state index contributed by atoms with van der Waals surface area (Å²) in [4.78, 5) is 23.6. The van der Waals surface area contributed by atoms with Gasteiger partial charge in [0.15, 0.2) is 0 Å². The predicted octanol–water partition coefficient (Wildman–Crippen LogP) is 2.14. The summed E-state index contributed by atoms with van der Waals surface area (Å²) in [7, 11) is 2.71. The predicted molar refractivity (Wildman–Crippen MR) is 69.4 cm³/mol. The van der Waals surface area contributed by atoms with E-state index in [0.717, 1.165) is 5.56 Å². The van der Waals surface area contributed by atoms with Gasteiger partial charge in [0.2, 0.25) is 0 Å². The molecule has 102 valence electrons. The topological polar surface area (TPSA) is 52.6 Å². The van der Waals surface area contributed by atoms with E-state index in [1.54, 1.807) is 0 Å². The Bertz CT molecular complexity index is 430. The van der Waals surface area contributed by atoms with E-state index in [1.165, 1.54) is 14.2 Å². The van der Waals surface area contributed by atoms with Gasteiger partial charge in [-0.1, -0.05) is 30.3 Å². The average molecular weight is 262 g/mol. The molecule has 0 saturated heterocycles. The van der Waals surface area contributed by atoms with E-state index < -0.39 is 11.8 Å². The van der Waals surface area contributed by atoms with E-state index in [9.17, 15) is 9.59 Å². The highest BCUT2D eigenvalue weighted by Crippen LogP contribution is 2.43. The van der Waals surface area contributed by atoms with Gasteiger partial charge in [0, 0.05) is 0 Å². The van der Waals surface area contributed by atoms with Crippen LogP contribution in [0.1, 0.15) is 24.3 Å². The van der Waals surface area contributed by atoms with Crippen molar-refractivity contribution in [1.82, 2.24) is 0 Å². The van der Waals surface area contributed by atoms with Gasteiger partial charge in [-0.3, -0.25) is 9.59 Å². The second-order valence-corrected chi connectivity index (χ2v) is 4.84. The summed E-state index contributed by atoms with van der Waals surface area (Å²) in [5.74, 6) is -1.25. The smallest absolute Gasteiger partial charge is 0.309 e. The van der Waals surface area contributed by atoms with Crippen LogP contribution in [0, 0.1) is 11.8 Å². The highest BCUT2D eigenvalue weighted by Gasteiger charge is 2.44. The van der Waals surface area contributed by atoms with Crippen molar-refractivity contribution in [3.8, 4) is 0 Å². The zero-order valence-electron chi connectivity index (χ0n) is 11.2. The SMILES string of the molecule is COC(=O)C1CC(c2ccccc2)CC1C(=O)OC. The molecule has 19 heavy (non-hydrogen) atoms. The van der Waals surface area contributed by atoms with Gasteiger partial charge in [-0.25, -0.2) is 0 Å². The van der Waals surface area contributed by atoms with Crippen molar-refractivity contribution in [2.75, 3.05) is 14.2 Å². The summed E-state index contributed by atoms with van der Waals surface area (Å²) in [5.41, 5.74) is 1.16. The molecule has 0 amide bonds. The number of carbonyl (C=O) groups excluding carboxylic acids is 2. The number of rotatable bonds is 3. The van der Waals surface area contributed by atoms with Crippen molar-refractivity contribution in [3.05, 3.63) is 35.9 Å². The molecule has 1 aliphatic carbocycles. The fraction of sp³-hybridized carbons (Fsp3) is 0.467. The fourth-order valence-electron chi connectivity index (χ4n) is 2.86. The van der Waals surface area contributed by atoms with Crippen molar-refractivity contribution in [2.45, 2.75) is 18.8 Å². The molecule has 2 rings (SSSR count). The Morgan fingerprint density at radius 3 is 1.84 bits per heavy atom. The molecule has 4 heteroatoms. The van der Waals surface area contributed by atoms with E-state index in [2.05, 4.69) is 0 Å². The maximum Gasteiger partial charge on any atom is 0.309 e. The third-order valence-corrected chi connectivity index (χ3v) is 3.84. The third kappa shape index (κ3) is 2.78. The van der Waals surface area contributed by atoms with E-state index in [1.807, 2.05) is 30.3 Å². The molecule has 2 unspecified atom stereocenters. The second kappa shape index (κ2) is 5.87. The molecule has 0 spiro atoms. The van der Waals surface area contributed by atoms with E-state index in [-0.39, 0.29) is 17.9 Å². The normalized spacial score (nSPS) is 25.9. The summed E-state index contributed by atoms with van der Waals surface area (Å²) < 4.78 is 9.59. The van der Waals surface area contributed by atoms with Crippen LogP contribution in [0.4, 0.5) is 0 Å². The number of esters is 2. The van der Waals surface area contributed by atoms with Gasteiger partial charge in [-0.2, -0.15) is 0 Å².